The molecule has 1 atom stereocenters. The summed E-state index contributed by atoms with van der Waals surface area (Å²) in [5.74, 6) is -2.12. The molecule has 0 saturated carbocycles. The largest absolute Gasteiger partial charge is 0.463 e. The quantitative estimate of drug-likeness (QED) is 0.157. The molecule has 0 spiro atoms. The third-order valence-electron chi connectivity index (χ3n) is 6.56. The summed E-state index contributed by atoms with van der Waals surface area (Å²) < 4.78 is 25.0. The predicted molar refractivity (Wildman–Crippen MR) is 164 cm³/mol. The maximum absolute atomic E-state index is 13.8. The summed E-state index contributed by atoms with van der Waals surface area (Å²) in [5.41, 5.74) is 9.17. The van der Waals surface area contributed by atoms with Crippen LogP contribution in [0.1, 0.15) is 24.0 Å². The average Bonchev–Trinajstić information content (AvgIpc) is 3.55. The summed E-state index contributed by atoms with van der Waals surface area (Å²) in [6.45, 7) is 1.74. The van der Waals surface area contributed by atoms with Crippen molar-refractivity contribution in [1.82, 2.24) is 4.98 Å². The van der Waals surface area contributed by atoms with Crippen molar-refractivity contribution in [3.05, 3.63) is 117 Å². The molecule has 1 unspecified atom stereocenters. The van der Waals surface area contributed by atoms with Crippen molar-refractivity contribution >= 4 is 40.7 Å². The fraction of sp³-hybridized carbons (Fsp3) is 0.125. The molecule has 4 aromatic rings. The Balaban J connectivity index is 1.62. The molecule has 5 rings (SSSR count). The number of carbonyl (C=O) groups is 1. The minimum Gasteiger partial charge on any atom is -0.463 e. The first kappa shape index (κ1) is 29.9. The zero-order valence-electron chi connectivity index (χ0n) is 22.6. The number of nitrogens with two attached hydrogens (primary N) is 1. The van der Waals surface area contributed by atoms with Crippen LogP contribution in [-0.4, -0.2) is 23.3 Å². The number of carbonyl (C=O) groups excluding carboxylic acids is 1. The lowest BCUT2D eigenvalue weighted by molar-refractivity contribution is -0.139. The minimum atomic E-state index is -0.945. The Morgan fingerprint density at radius 2 is 1.91 bits per heavy atom. The van der Waals surface area contributed by atoms with Crippen LogP contribution in [0.4, 0.5) is 4.39 Å². The number of halogens is 2. The lowest BCUT2D eigenvalue weighted by Crippen LogP contribution is -2.27. The fourth-order valence-corrected chi connectivity index (χ4v) is 6.38. The summed E-state index contributed by atoms with van der Waals surface area (Å²) in [4.78, 5) is 19.1. The number of pyridine rings is 1. The first-order valence-electron chi connectivity index (χ1n) is 13.0. The number of aromatic nitrogens is 1. The molecule has 0 saturated heterocycles. The number of nitrogens with zero attached hydrogens (tertiary/aromatic N) is 3. The molecule has 0 aliphatic carbocycles. The van der Waals surface area contributed by atoms with Gasteiger partial charge in [-0.1, -0.05) is 53.7 Å². The van der Waals surface area contributed by atoms with Crippen molar-refractivity contribution in [2.45, 2.75) is 17.9 Å². The molecule has 11 heteroatoms. The zero-order valence-corrected chi connectivity index (χ0v) is 25.0. The van der Waals surface area contributed by atoms with Crippen LogP contribution >= 0.6 is 34.7 Å². The number of rotatable bonds is 8. The summed E-state index contributed by atoms with van der Waals surface area (Å²) >= 11 is 8.82. The molecule has 3 heterocycles. The highest BCUT2D eigenvalue weighted by Crippen LogP contribution is 2.42. The van der Waals surface area contributed by atoms with E-state index in [9.17, 15) is 19.7 Å². The van der Waals surface area contributed by atoms with E-state index in [1.807, 2.05) is 41.8 Å². The standard InChI is InChI=1S/C32H22ClFN4O3S2/c1-2-40-32(39)29-26(41-30(37)24(16-36)28(29)19-7-11-21(34)12-8-19)17-43-31-23(15-35)22(18-5-9-20(33)10-6-18)14-25(38-31)27-4-3-13-42-27/h3-14,28H,2,17,37H2,1H3. The molecule has 7 nitrogen and oxygen atoms in total. The van der Waals surface area contributed by atoms with Crippen LogP contribution in [0.25, 0.3) is 21.7 Å². The van der Waals surface area contributed by atoms with Crippen molar-refractivity contribution < 1.29 is 18.7 Å². The van der Waals surface area contributed by atoms with Crippen LogP contribution in [0.2, 0.25) is 5.02 Å². The number of nitriles is 2. The Labute approximate surface area is 260 Å². The number of thioether (sulfide) groups is 1. The van der Waals surface area contributed by atoms with E-state index in [4.69, 9.17) is 31.8 Å². The summed E-state index contributed by atoms with van der Waals surface area (Å²) in [6, 6.07) is 22.6. The minimum absolute atomic E-state index is 0.00367. The Bertz CT molecular complexity index is 1820. The van der Waals surface area contributed by atoms with E-state index in [0.717, 1.165) is 10.4 Å². The van der Waals surface area contributed by atoms with Gasteiger partial charge in [0, 0.05) is 10.6 Å². The topological polar surface area (TPSA) is 122 Å². The van der Waals surface area contributed by atoms with Gasteiger partial charge >= 0.3 is 5.97 Å². The summed E-state index contributed by atoms with van der Waals surface area (Å²) in [5, 5.41) is 23.1. The Hall–Kier alpha value is -4.61. The second kappa shape index (κ2) is 13.1. The first-order valence-corrected chi connectivity index (χ1v) is 15.2. The highest BCUT2D eigenvalue weighted by atomic mass is 35.5. The van der Waals surface area contributed by atoms with Crippen LogP contribution < -0.4 is 5.73 Å². The van der Waals surface area contributed by atoms with Crippen molar-refractivity contribution in [2.24, 2.45) is 5.73 Å². The SMILES string of the molecule is CCOC(=O)C1=C(CSc2nc(-c3cccs3)cc(-c3ccc(Cl)cc3)c2C#N)OC(N)=C(C#N)C1c1ccc(F)cc1. The molecule has 43 heavy (non-hydrogen) atoms. The van der Waals surface area contributed by atoms with Gasteiger partial charge in [0.05, 0.1) is 40.0 Å². The smallest absolute Gasteiger partial charge is 0.338 e. The first-order chi connectivity index (χ1) is 20.8. The van der Waals surface area contributed by atoms with Crippen LogP contribution in [-0.2, 0) is 14.3 Å². The van der Waals surface area contributed by atoms with Gasteiger partial charge in [0.1, 0.15) is 34.3 Å². The number of ether oxygens (including phenoxy) is 2. The van der Waals surface area contributed by atoms with E-state index >= 15 is 0 Å². The van der Waals surface area contributed by atoms with E-state index in [2.05, 4.69) is 6.07 Å². The Kier molecular flexibility index (Phi) is 9.13. The van der Waals surface area contributed by atoms with Gasteiger partial charge in [0.15, 0.2) is 0 Å². The highest BCUT2D eigenvalue weighted by Gasteiger charge is 2.38. The number of thiophene rings is 1. The maximum atomic E-state index is 13.8. The van der Waals surface area contributed by atoms with Gasteiger partial charge in [0.25, 0.3) is 0 Å². The highest BCUT2D eigenvalue weighted by molar-refractivity contribution is 7.99. The maximum Gasteiger partial charge on any atom is 0.338 e. The van der Waals surface area contributed by atoms with Crippen LogP contribution in [0.3, 0.4) is 0 Å². The fourth-order valence-electron chi connectivity index (χ4n) is 4.62. The molecule has 2 aromatic heterocycles. The second-order valence-electron chi connectivity index (χ2n) is 9.15. The molecular formula is C32H22ClFN4O3S2. The predicted octanol–water partition coefficient (Wildman–Crippen LogP) is 7.56. The van der Waals surface area contributed by atoms with Crippen LogP contribution in [0.15, 0.2) is 99.9 Å². The van der Waals surface area contributed by atoms with Gasteiger partial charge in [-0.3, -0.25) is 0 Å². The van der Waals surface area contributed by atoms with Crippen molar-refractivity contribution in [3.63, 3.8) is 0 Å². The van der Waals surface area contributed by atoms with E-state index < -0.39 is 17.7 Å². The molecule has 1 aliphatic heterocycles. The van der Waals surface area contributed by atoms with Gasteiger partial charge < -0.3 is 15.2 Å². The molecule has 1 aliphatic rings. The lowest BCUT2D eigenvalue weighted by Gasteiger charge is -2.28. The van der Waals surface area contributed by atoms with Gasteiger partial charge in [-0.05, 0) is 59.8 Å². The number of hydrogen-bond acceptors (Lipinski definition) is 9. The second-order valence-corrected chi connectivity index (χ2v) is 11.5. The number of hydrogen-bond donors (Lipinski definition) is 1. The van der Waals surface area contributed by atoms with E-state index in [1.54, 1.807) is 19.1 Å². The summed E-state index contributed by atoms with van der Waals surface area (Å²) in [6.07, 6.45) is 0. The van der Waals surface area contributed by atoms with Crippen LogP contribution in [0.5, 0.6) is 0 Å². The monoisotopic (exact) mass is 628 g/mol. The van der Waals surface area contributed by atoms with Gasteiger partial charge in [-0.25, -0.2) is 14.2 Å². The van der Waals surface area contributed by atoms with Gasteiger partial charge in [-0.15, -0.1) is 11.3 Å². The molecule has 0 radical (unpaired) electrons. The lowest BCUT2D eigenvalue weighted by atomic mass is 9.83. The van der Waals surface area contributed by atoms with E-state index in [1.165, 1.54) is 47.4 Å². The third kappa shape index (κ3) is 6.27. The van der Waals surface area contributed by atoms with E-state index in [-0.39, 0.29) is 35.1 Å². The number of benzene rings is 2. The van der Waals surface area contributed by atoms with E-state index in [0.29, 0.717) is 32.4 Å². The third-order valence-corrected chi connectivity index (χ3v) is 8.68. The number of esters is 1. The average molecular weight is 629 g/mol. The molecule has 0 fully saturated rings. The Morgan fingerprint density at radius 3 is 2.53 bits per heavy atom. The molecule has 214 valence electrons. The molecule has 2 aromatic carbocycles. The Morgan fingerprint density at radius 1 is 1.16 bits per heavy atom. The normalized spacial score (nSPS) is 14.6. The van der Waals surface area contributed by atoms with Crippen molar-refractivity contribution in [1.29, 1.82) is 10.5 Å². The van der Waals surface area contributed by atoms with Gasteiger partial charge in [-0.2, -0.15) is 10.5 Å². The van der Waals surface area contributed by atoms with Gasteiger partial charge in [0.2, 0.25) is 5.88 Å². The summed E-state index contributed by atoms with van der Waals surface area (Å²) in [7, 11) is 0. The van der Waals surface area contributed by atoms with Crippen LogP contribution in [0, 0.1) is 28.5 Å². The molecular weight excluding hydrogens is 607 g/mol. The van der Waals surface area contributed by atoms with Crippen molar-refractivity contribution in [2.75, 3.05) is 12.4 Å². The zero-order chi connectivity index (χ0) is 30.5. The molecule has 0 amide bonds. The molecule has 2 N–H and O–H groups in total. The molecule has 0 bridgehead atoms. The van der Waals surface area contributed by atoms with Crippen molar-refractivity contribution in [3.8, 4) is 33.8 Å². The number of allylic oxidation sites excluding steroid dienone is 1.